The number of hydrogen-bond acceptors (Lipinski definition) is 3. The lowest BCUT2D eigenvalue weighted by Gasteiger charge is -2.26. The third-order valence-electron chi connectivity index (χ3n) is 3.35. The summed E-state index contributed by atoms with van der Waals surface area (Å²) < 4.78 is 5.37. The van der Waals surface area contributed by atoms with E-state index in [9.17, 15) is 9.90 Å². The zero-order valence-corrected chi connectivity index (χ0v) is 10.8. The van der Waals surface area contributed by atoms with Crippen LogP contribution in [0.3, 0.4) is 0 Å². The highest BCUT2D eigenvalue weighted by Crippen LogP contribution is 2.41. The minimum atomic E-state index is -0.710. The van der Waals surface area contributed by atoms with Gasteiger partial charge in [-0.2, -0.15) is 0 Å². The summed E-state index contributed by atoms with van der Waals surface area (Å²) in [7, 11) is 0. The highest BCUT2D eigenvalue weighted by molar-refractivity contribution is 6.01. The Morgan fingerprint density at radius 2 is 1.94 bits per heavy atom. The molecular formula is C15H18O3. The van der Waals surface area contributed by atoms with Crippen molar-refractivity contribution in [2.75, 3.05) is 0 Å². The molecule has 0 saturated carbocycles. The summed E-state index contributed by atoms with van der Waals surface area (Å²) in [6.07, 6.45) is 2.70. The van der Waals surface area contributed by atoms with Gasteiger partial charge < -0.3 is 9.84 Å². The highest BCUT2D eigenvalue weighted by Gasteiger charge is 2.44. The molecule has 0 aromatic heterocycles. The van der Waals surface area contributed by atoms with Crippen LogP contribution in [0, 0.1) is 0 Å². The van der Waals surface area contributed by atoms with Crippen LogP contribution in [0.5, 0.6) is 0 Å². The first kappa shape index (κ1) is 12.7. The average Bonchev–Trinajstić information content (AvgIpc) is 2.59. The number of benzene rings is 1. The fourth-order valence-electron chi connectivity index (χ4n) is 2.39. The smallest absolute Gasteiger partial charge is 0.374 e. The first-order valence-corrected chi connectivity index (χ1v) is 6.31. The Morgan fingerprint density at radius 1 is 1.28 bits per heavy atom. The second kappa shape index (κ2) is 4.84. The highest BCUT2D eigenvalue weighted by atomic mass is 16.6. The lowest BCUT2D eigenvalue weighted by atomic mass is 9.86. The summed E-state index contributed by atoms with van der Waals surface area (Å²) >= 11 is 0. The molecule has 0 spiro atoms. The molecule has 1 unspecified atom stereocenters. The van der Waals surface area contributed by atoms with Crippen LogP contribution in [-0.4, -0.2) is 16.7 Å². The molecule has 1 aliphatic rings. The van der Waals surface area contributed by atoms with Crippen molar-refractivity contribution < 1.29 is 14.6 Å². The molecule has 3 heteroatoms. The number of carbonyl (C=O) groups is 1. The van der Waals surface area contributed by atoms with Crippen molar-refractivity contribution in [3.8, 4) is 0 Å². The van der Waals surface area contributed by atoms with Crippen LogP contribution >= 0.6 is 0 Å². The summed E-state index contributed by atoms with van der Waals surface area (Å²) in [5.74, 6) is -0.868. The molecule has 0 radical (unpaired) electrons. The van der Waals surface area contributed by atoms with E-state index < -0.39 is 11.6 Å². The maximum absolute atomic E-state index is 11.6. The Kier molecular flexibility index (Phi) is 3.41. The molecular weight excluding hydrogens is 228 g/mol. The summed E-state index contributed by atoms with van der Waals surface area (Å²) in [5.41, 5.74) is 0.749. The Hall–Kier alpha value is -1.77. The van der Waals surface area contributed by atoms with E-state index >= 15 is 0 Å². The summed E-state index contributed by atoms with van der Waals surface area (Å²) in [5, 5.41) is 9.95. The van der Waals surface area contributed by atoms with Crippen LogP contribution in [0.2, 0.25) is 0 Å². The average molecular weight is 246 g/mol. The van der Waals surface area contributed by atoms with Gasteiger partial charge in [-0.15, -0.1) is 0 Å². The van der Waals surface area contributed by atoms with Crippen molar-refractivity contribution in [1.82, 2.24) is 0 Å². The van der Waals surface area contributed by atoms with E-state index in [0.717, 1.165) is 24.8 Å². The van der Waals surface area contributed by atoms with Gasteiger partial charge in [-0.3, -0.25) is 0 Å². The van der Waals surface area contributed by atoms with Gasteiger partial charge in [0.1, 0.15) is 5.60 Å². The minimum absolute atomic E-state index is 0.250. The topological polar surface area (TPSA) is 46.5 Å². The second-order valence-electron chi connectivity index (χ2n) is 4.81. The summed E-state index contributed by atoms with van der Waals surface area (Å²) in [6, 6.07) is 9.45. The van der Waals surface area contributed by atoms with E-state index in [4.69, 9.17) is 4.74 Å². The van der Waals surface area contributed by atoms with Crippen LogP contribution in [0.1, 0.15) is 38.7 Å². The minimum Gasteiger partial charge on any atom is -0.502 e. The zero-order chi connectivity index (χ0) is 13.2. The normalized spacial score (nSPS) is 23.3. The van der Waals surface area contributed by atoms with Crippen LogP contribution in [0.15, 0.2) is 36.1 Å². The van der Waals surface area contributed by atoms with E-state index in [-0.39, 0.29) is 5.76 Å². The van der Waals surface area contributed by atoms with Crippen LogP contribution in [-0.2, 0) is 9.53 Å². The molecule has 0 amide bonds. The van der Waals surface area contributed by atoms with Gasteiger partial charge in [0.25, 0.3) is 0 Å². The molecule has 1 N–H and O–H groups in total. The molecule has 3 nitrogen and oxygen atoms in total. The van der Waals surface area contributed by atoms with Crippen molar-refractivity contribution in [2.45, 2.75) is 38.7 Å². The van der Waals surface area contributed by atoms with Gasteiger partial charge in [-0.05, 0) is 25.3 Å². The Bertz CT molecular complexity index is 476. The van der Waals surface area contributed by atoms with Crippen LogP contribution in [0.4, 0.5) is 0 Å². The van der Waals surface area contributed by atoms with Crippen molar-refractivity contribution in [3.05, 3.63) is 41.7 Å². The fourth-order valence-corrected chi connectivity index (χ4v) is 2.39. The van der Waals surface area contributed by atoms with Gasteiger partial charge in [0, 0.05) is 0 Å². The summed E-state index contributed by atoms with van der Waals surface area (Å²) in [4.78, 5) is 11.6. The first-order chi connectivity index (χ1) is 8.58. The number of hydrogen-bond donors (Lipinski definition) is 1. The zero-order valence-electron chi connectivity index (χ0n) is 10.8. The lowest BCUT2D eigenvalue weighted by Crippen LogP contribution is -2.27. The van der Waals surface area contributed by atoms with Crippen molar-refractivity contribution in [1.29, 1.82) is 0 Å². The predicted molar refractivity (Wildman–Crippen MR) is 70.0 cm³/mol. The summed E-state index contributed by atoms with van der Waals surface area (Å²) in [6.45, 7) is 3.96. The maximum Gasteiger partial charge on any atom is 0.374 e. The van der Waals surface area contributed by atoms with Crippen molar-refractivity contribution >= 4 is 11.5 Å². The van der Waals surface area contributed by atoms with E-state index in [0.29, 0.717) is 5.57 Å². The number of carbonyl (C=O) groups excluding carboxylic acids is 1. The molecule has 2 rings (SSSR count). The molecule has 1 aromatic carbocycles. The molecule has 1 heterocycles. The number of esters is 1. The standard InChI is InChI=1S/C15H18O3/c1-3-4-10-15(2)12(13(16)14(17)18-15)11-8-6-5-7-9-11/h5-9,16H,3-4,10H2,1-2H3. The van der Waals surface area contributed by atoms with Gasteiger partial charge >= 0.3 is 5.97 Å². The Labute approximate surface area is 107 Å². The molecule has 0 saturated heterocycles. The van der Waals surface area contributed by atoms with Gasteiger partial charge in [-0.1, -0.05) is 43.7 Å². The van der Waals surface area contributed by atoms with Crippen molar-refractivity contribution in [3.63, 3.8) is 0 Å². The van der Waals surface area contributed by atoms with Gasteiger partial charge in [0.15, 0.2) is 0 Å². The first-order valence-electron chi connectivity index (χ1n) is 6.31. The van der Waals surface area contributed by atoms with Gasteiger partial charge in [-0.25, -0.2) is 4.79 Å². The van der Waals surface area contributed by atoms with E-state index in [2.05, 4.69) is 6.92 Å². The number of rotatable bonds is 4. The van der Waals surface area contributed by atoms with E-state index in [1.54, 1.807) is 0 Å². The number of cyclic esters (lactones) is 1. The predicted octanol–water partition coefficient (Wildman–Crippen LogP) is 3.46. The molecule has 1 aliphatic heterocycles. The lowest BCUT2D eigenvalue weighted by molar-refractivity contribution is -0.147. The van der Waals surface area contributed by atoms with E-state index in [1.807, 2.05) is 37.3 Å². The molecule has 0 aliphatic carbocycles. The quantitative estimate of drug-likeness (QED) is 0.827. The molecule has 1 aromatic rings. The largest absolute Gasteiger partial charge is 0.502 e. The molecule has 0 fully saturated rings. The van der Waals surface area contributed by atoms with Crippen LogP contribution < -0.4 is 0 Å². The van der Waals surface area contributed by atoms with Gasteiger partial charge in [0.2, 0.25) is 5.76 Å². The third-order valence-corrected chi connectivity index (χ3v) is 3.35. The number of ether oxygens (including phenoxy) is 1. The van der Waals surface area contributed by atoms with Gasteiger partial charge in [0.05, 0.1) is 5.57 Å². The molecule has 18 heavy (non-hydrogen) atoms. The molecule has 1 atom stereocenters. The maximum atomic E-state index is 11.6. The second-order valence-corrected chi connectivity index (χ2v) is 4.81. The Morgan fingerprint density at radius 3 is 2.56 bits per heavy atom. The molecule has 96 valence electrons. The third kappa shape index (κ3) is 2.13. The van der Waals surface area contributed by atoms with E-state index in [1.165, 1.54) is 0 Å². The van der Waals surface area contributed by atoms with Crippen LogP contribution in [0.25, 0.3) is 5.57 Å². The monoisotopic (exact) mass is 246 g/mol. The van der Waals surface area contributed by atoms with Crippen molar-refractivity contribution in [2.24, 2.45) is 0 Å². The SMILES string of the molecule is CCCCC1(C)OC(=O)C(O)=C1c1ccccc1. The fraction of sp³-hybridized carbons (Fsp3) is 0.400. The molecule has 0 bridgehead atoms. The number of aliphatic hydroxyl groups is 1. The Balaban J connectivity index is 2.42. The number of aliphatic hydroxyl groups excluding tert-OH is 1. The number of unbranched alkanes of at least 4 members (excludes halogenated alkanes) is 1.